The monoisotopic (exact) mass is 241 g/mol. The molecule has 2 aromatic rings. The van der Waals surface area contributed by atoms with Crippen LogP contribution in [-0.4, -0.2) is 16.7 Å². The summed E-state index contributed by atoms with van der Waals surface area (Å²) in [5, 5.41) is 14.1. The number of rotatable bonds is 4. The second-order valence-corrected chi connectivity index (χ2v) is 5.65. The summed E-state index contributed by atoms with van der Waals surface area (Å²) in [5.74, 6) is 1.65. The average Bonchev–Trinajstić information content (AvgIpc) is 3.17. The van der Waals surface area contributed by atoms with E-state index in [1.807, 2.05) is 18.3 Å². The SMILES string of the molecule is CC(C)C1(CNc2nncc3ccccc23)CC1. The molecule has 1 aromatic heterocycles. The number of fused-ring (bicyclic) bond motifs is 1. The minimum absolute atomic E-state index is 0.485. The summed E-state index contributed by atoms with van der Waals surface area (Å²) in [7, 11) is 0. The van der Waals surface area contributed by atoms with Crippen LogP contribution in [0.1, 0.15) is 26.7 Å². The maximum atomic E-state index is 4.24. The largest absolute Gasteiger partial charge is 0.367 e. The van der Waals surface area contributed by atoms with Crippen molar-refractivity contribution in [1.82, 2.24) is 10.2 Å². The lowest BCUT2D eigenvalue weighted by Crippen LogP contribution is -2.21. The molecule has 1 saturated carbocycles. The number of hydrogen-bond acceptors (Lipinski definition) is 3. The fourth-order valence-electron chi connectivity index (χ4n) is 2.54. The van der Waals surface area contributed by atoms with E-state index in [9.17, 15) is 0 Å². The highest BCUT2D eigenvalue weighted by Crippen LogP contribution is 2.51. The lowest BCUT2D eigenvalue weighted by Gasteiger charge is -2.20. The first kappa shape index (κ1) is 11.5. The second kappa shape index (κ2) is 4.23. The summed E-state index contributed by atoms with van der Waals surface area (Å²) >= 11 is 0. The van der Waals surface area contributed by atoms with Gasteiger partial charge >= 0.3 is 0 Å². The van der Waals surface area contributed by atoms with Gasteiger partial charge in [-0.15, -0.1) is 5.10 Å². The highest BCUT2D eigenvalue weighted by atomic mass is 15.2. The van der Waals surface area contributed by atoms with Gasteiger partial charge in [-0.05, 0) is 24.2 Å². The third-order valence-corrected chi connectivity index (χ3v) is 4.30. The van der Waals surface area contributed by atoms with Gasteiger partial charge in [0.1, 0.15) is 0 Å². The molecule has 3 nitrogen and oxygen atoms in total. The Hall–Kier alpha value is -1.64. The summed E-state index contributed by atoms with van der Waals surface area (Å²) in [6.45, 7) is 5.63. The number of hydrogen-bond donors (Lipinski definition) is 1. The van der Waals surface area contributed by atoms with E-state index in [-0.39, 0.29) is 0 Å². The Labute approximate surface area is 108 Å². The second-order valence-electron chi connectivity index (χ2n) is 5.65. The number of benzene rings is 1. The quantitative estimate of drug-likeness (QED) is 0.890. The van der Waals surface area contributed by atoms with E-state index >= 15 is 0 Å². The fraction of sp³-hybridized carbons (Fsp3) is 0.467. The highest BCUT2D eigenvalue weighted by Gasteiger charge is 2.45. The first-order valence-electron chi connectivity index (χ1n) is 6.66. The summed E-state index contributed by atoms with van der Waals surface area (Å²) < 4.78 is 0. The summed E-state index contributed by atoms with van der Waals surface area (Å²) in [6, 6.07) is 8.25. The molecule has 1 fully saturated rings. The molecule has 18 heavy (non-hydrogen) atoms. The van der Waals surface area contributed by atoms with Crippen molar-refractivity contribution < 1.29 is 0 Å². The van der Waals surface area contributed by atoms with Gasteiger partial charge in [-0.1, -0.05) is 38.1 Å². The topological polar surface area (TPSA) is 37.8 Å². The Kier molecular flexibility index (Phi) is 2.69. The van der Waals surface area contributed by atoms with Crippen molar-refractivity contribution in [2.75, 3.05) is 11.9 Å². The van der Waals surface area contributed by atoms with E-state index in [2.05, 4.69) is 41.5 Å². The van der Waals surface area contributed by atoms with E-state index in [1.54, 1.807) is 0 Å². The molecule has 3 rings (SSSR count). The van der Waals surface area contributed by atoms with E-state index in [0.29, 0.717) is 5.41 Å². The van der Waals surface area contributed by atoms with Gasteiger partial charge in [0.25, 0.3) is 0 Å². The summed E-state index contributed by atoms with van der Waals surface area (Å²) in [4.78, 5) is 0. The van der Waals surface area contributed by atoms with E-state index in [0.717, 1.165) is 29.1 Å². The zero-order valence-electron chi connectivity index (χ0n) is 11.0. The van der Waals surface area contributed by atoms with Crippen molar-refractivity contribution >= 4 is 16.6 Å². The van der Waals surface area contributed by atoms with Crippen LogP contribution in [0, 0.1) is 11.3 Å². The van der Waals surface area contributed by atoms with Crippen LogP contribution in [0.15, 0.2) is 30.5 Å². The van der Waals surface area contributed by atoms with Crippen molar-refractivity contribution in [3.05, 3.63) is 30.5 Å². The molecule has 0 bridgehead atoms. The molecule has 0 radical (unpaired) electrons. The van der Waals surface area contributed by atoms with Crippen LogP contribution in [0.3, 0.4) is 0 Å². The van der Waals surface area contributed by atoms with E-state index in [4.69, 9.17) is 0 Å². The van der Waals surface area contributed by atoms with E-state index < -0.39 is 0 Å². The molecule has 0 saturated heterocycles. The van der Waals surface area contributed by atoms with E-state index in [1.165, 1.54) is 12.8 Å². The van der Waals surface area contributed by atoms with Crippen molar-refractivity contribution in [2.45, 2.75) is 26.7 Å². The van der Waals surface area contributed by atoms with Crippen LogP contribution in [0.25, 0.3) is 10.8 Å². The van der Waals surface area contributed by atoms with Gasteiger partial charge in [-0.2, -0.15) is 5.10 Å². The van der Waals surface area contributed by atoms with Crippen molar-refractivity contribution in [2.24, 2.45) is 11.3 Å². The molecule has 0 unspecified atom stereocenters. The number of aromatic nitrogens is 2. The molecule has 1 aromatic carbocycles. The molecule has 94 valence electrons. The Morgan fingerprint density at radius 3 is 2.78 bits per heavy atom. The first-order chi connectivity index (χ1) is 8.71. The number of nitrogens with zero attached hydrogens (tertiary/aromatic N) is 2. The number of anilines is 1. The molecule has 0 amide bonds. The molecule has 0 atom stereocenters. The molecular weight excluding hydrogens is 222 g/mol. The summed E-state index contributed by atoms with van der Waals surface area (Å²) in [6.07, 6.45) is 4.47. The Bertz CT molecular complexity index is 553. The fourth-order valence-corrected chi connectivity index (χ4v) is 2.54. The van der Waals surface area contributed by atoms with Crippen molar-refractivity contribution in [1.29, 1.82) is 0 Å². The average molecular weight is 241 g/mol. The third kappa shape index (κ3) is 1.94. The molecule has 1 aliphatic carbocycles. The first-order valence-corrected chi connectivity index (χ1v) is 6.66. The zero-order valence-corrected chi connectivity index (χ0v) is 11.0. The zero-order chi connectivity index (χ0) is 12.6. The van der Waals surface area contributed by atoms with Gasteiger partial charge in [-0.3, -0.25) is 0 Å². The highest BCUT2D eigenvalue weighted by molar-refractivity contribution is 5.90. The minimum Gasteiger partial charge on any atom is -0.367 e. The molecule has 0 aliphatic heterocycles. The maximum absolute atomic E-state index is 4.24. The molecule has 1 aliphatic rings. The minimum atomic E-state index is 0.485. The van der Waals surface area contributed by atoms with Crippen LogP contribution in [0.4, 0.5) is 5.82 Å². The van der Waals surface area contributed by atoms with Crippen molar-refractivity contribution in [3.8, 4) is 0 Å². The van der Waals surface area contributed by atoms with Crippen LogP contribution in [0.2, 0.25) is 0 Å². The Balaban J connectivity index is 1.83. The van der Waals surface area contributed by atoms with Crippen LogP contribution < -0.4 is 5.32 Å². The predicted molar refractivity (Wildman–Crippen MR) is 74.5 cm³/mol. The maximum Gasteiger partial charge on any atom is 0.156 e. The summed E-state index contributed by atoms with van der Waals surface area (Å²) in [5.41, 5.74) is 0.485. The molecule has 1 heterocycles. The Morgan fingerprint density at radius 1 is 1.28 bits per heavy atom. The van der Waals surface area contributed by atoms with Crippen LogP contribution in [-0.2, 0) is 0 Å². The van der Waals surface area contributed by atoms with Gasteiger partial charge in [0.15, 0.2) is 5.82 Å². The third-order valence-electron chi connectivity index (χ3n) is 4.30. The Morgan fingerprint density at radius 2 is 2.06 bits per heavy atom. The normalized spacial score (nSPS) is 17.1. The predicted octanol–water partition coefficient (Wildman–Crippen LogP) is 3.48. The van der Waals surface area contributed by atoms with Gasteiger partial charge in [-0.25, -0.2) is 0 Å². The van der Waals surface area contributed by atoms with Crippen LogP contribution >= 0.6 is 0 Å². The van der Waals surface area contributed by atoms with Gasteiger partial charge in [0.2, 0.25) is 0 Å². The lowest BCUT2D eigenvalue weighted by atomic mass is 9.92. The molecule has 0 spiro atoms. The molecule has 1 N–H and O–H groups in total. The van der Waals surface area contributed by atoms with Gasteiger partial charge in [0, 0.05) is 17.3 Å². The van der Waals surface area contributed by atoms with Gasteiger partial charge < -0.3 is 5.32 Å². The van der Waals surface area contributed by atoms with Gasteiger partial charge in [0.05, 0.1) is 6.20 Å². The van der Waals surface area contributed by atoms with Crippen molar-refractivity contribution in [3.63, 3.8) is 0 Å². The smallest absolute Gasteiger partial charge is 0.156 e. The molecule has 3 heteroatoms. The molecular formula is C15H19N3. The standard InChI is InChI=1S/C15H19N3/c1-11(2)15(7-8-15)10-16-14-13-6-4-3-5-12(13)9-17-18-14/h3-6,9,11H,7-8,10H2,1-2H3,(H,16,18). The van der Waals surface area contributed by atoms with Crippen LogP contribution in [0.5, 0.6) is 0 Å². The lowest BCUT2D eigenvalue weighted by molar-refractivity contribution is 0.380. The number of nitrogens with one attached hydrogen (secondary N) is 1.